The number of likely N-dealkylation sites (tertiary alicyclic amines) is 1. The third kappa shape index (κ3) is 3.54. The molecule has 1 aliphatic rings. The fraction of sp³-hybridized carbons (Fsp3) is 0.389. The van der Waals surface area contributed by atoms with Crippen LogP contribution in [0.25, 0.3) is 0 Å². The normalized spacial score (nSPS) is 16.0. The number of sulfone groups is 1. The van der Waals surface area contributed by atoms with Gasteiger partial charge in [-0.15, -0.1) is 11.3 Å². The smallest absolute Gasteiger partial charge is 0.263 e. The Morgan fingerprint density at radius 3 is 2.21 bits per heavy atom. The van der Waals surface area contributed by atoms with Crippen LogP contribution < -0.4 is 0 Å². The van der Waals surface area contributed by atoms with Gasteiger partial charge in [0.1, 0.15) is 4.21 Å². The first kappa shape index (κ1) is 17.2. The second kappa shape index (κ2) is 7.07. The topological polar surface area (TPSA) is 54.5 Å². The molecule has 0 saturated carbocycles. The standard InChI is InChI=1S/C18H21NO3S2/c1-14-6-8-15(9-7-14)24(21,22)17-11-10-16(23-17)18(20)19-12-4-2-3-5-13-19/h6-11H,2-5,12-13H2,1H3. The molecule has 1 aromatic heterocycles. The zero-order valence-corrected chi connectivity index (χ0v) is 15.3. The maximum absolute atomic E-state index is 12.7. The second-order valence-electron chi connectivity index (χ2n) is 6.14. The molecule has 1 aromatic carbocycles. The number of carbonyl (C=O) groups is 1. The summed E-state index contributed by atoms with van der Waals surface area (Å²) < 4.78 is 25.6. The molecule has 2 heterocycles. The van der Waals surface area contributed by atoms with Gasteiger partial charge >= 0.3 is 0 Å². The average Bonchev–Trinajstić information content (AvgIpc) is 2.92. The largest absolute Gasteiger partial charge is 0.338 e. The minimum atomic E-state index is -3.56. The molecule has 0 aliphatic carbocycles. The molecular formula is C18H21NO3S2. The molecule has 4 nitrogen and oxygen atoms in total. The lowest BCUT2D eigenvalue weighted by molar-refractivity contribution is 0.0766. The van der Waals surface area contributed by atoms with Crippen LogP contribution in [0.1, 0.15) is 40.9 Å². The predicted octanol–water partition coefficient (Wildman–Crippen LogP) is 3.91. The van der Waals surface area contributed by atoms with E-state index in [1.807, 2.05) is 11.8 Å². The number of nitrogens with zero attached hydrogens (tertiary/aromatic N) is 1. The van der Waals surface area contributed by atoms with Gasteiger partial charge in [-0.25, -0.2) is 8.42 Å². The summed E-state index contributed by atoms with van der Waals surface area (Å²) >= 11 is 1.07. The van der Waals surface area contributed by atoms with Crippen molar-refractivity contribution in [1.29, 1.82) is 0 Å². The molecule has 1 aliphatic heterocycles. The summed E-state index contributed by atoms with van der Waals surface area (Å²) in [6, 6.07) is 9.97. The van der Waals surface area contributed by atoms with Crippen molar-refractivity contribution in [2.75, 3.05) is 13.1 Å². The maximum atomic E-state index is 12.7. The van der Waals surface area contributed by atoms with Crippen LogP contribution in [0, 0.1) is 6.92 Å². The van der Waals surface area contributed by atoms with Crippen molar-refractivity contribution in [3.8, 4) is 0 Å². The highest BCUT2D eigenvalue weighted by atomic mass is 32.2. The van der Waals surface area contributed by atoms with Crippen molar-refractivity contribution < 1.29 is 13.2 Å². The Bertz CT molecular complexity index is 814. The molecule has 6 heteroatoms. The predicted molar refractivity (Wildman–Crippen MR) is 95.3 cm³/mol. The summed E-state index contributed by atoms with van der Waals surface area (Å²) in [5.74, 6) is -0.0488. The molecule has 0 atom stereocenters. The van der Waals surface area contributed by atoms with E-state index in [4.69, 9.17) is 0 Å². The van der Waals surface area contributed by atoms with Crippen molar-refractivity contribution in [2.45, 2.75) is 41.7 Å². The van der Waals surface area contributed by atoms with Gasteiger partial charge in [-0.1, -0.05) is 30.5 Å². The first-order chi connectivity index (χ1) is 11.5. The van der Waals surface area contributed by atoms with E-state index in [9.17, 15) is 13.2 Å². The van der Waals surface area contributed by atoms with Gasteiger partial charge < -0.3 is 4.90 Å². The molecule has 0 unspecified atom stereocenters. The summed E-state index contributed by atoms with van der Waals surface area (Å²) in [5.41, 5.74) is 1.01. The number of rotatable bonds is 3. The molecule has 24 heavy (non-hydrogen) atoms. The van der Waals surface area contributed by atoms with Gasteiger partial charge in [0, 0.05) is 13.1 Å². The lowest BCUT2D eigenvalue weighted by atomic mass is 10.2. The number of benzene rings is 1. The van der Waals surface area contributed by atoms with E-state index >= 15 is 0 Å². The number of hydrogen-bond acceptors (Lipinski definition) is 4. The molecule has 3 rings (SSSR count). The summed E-state index contributed by atoms with van der Waals surface area (Å²) in [6.45, 7) is 3.44. The number of aryl methyl sites for hydroxylation is 1. The minimum Gasteiger partial charge on any atom is -0.338 e. The van der Waals surface area contributed by atoms with Gasteiger partial charge in [-0.3, -0.25) is 4.79 Å². The summed E-state index contributed by atoms with van der Waals surface area (Å²) in [7, 11) is -3.56. The van der Waals surface area contributed by atoms with Gasteiger partial charge in [-0.2, -0.15) is 0 Å². The van der Waals surface area contributed by atoms with Gasteiger partial charge in [0.25, 0.3) is 5.91 Å². The Kier molecular flexibility index (Phi) is 5.06. The molecule has 1 fully saturated rings. The van der Waals surface area contributed by atoms with Crippen LogP contribution in [0.4, 0.5) is 0 Å². The van der Waals surface area contributed by atoms with E-state index in [1.54, 1.807) is 36.4 Å². The molecule has 0 radical (unpaired) electrons. The van der Waals surface area contributed by atoms with Crippen molar-refractivity contribution >= 4 is 27.1 Å². The van der Waals surface area contributed by atoms with Crippen LogP contribution in [0.2, 0.25) is 0 Å². The summed E-state index contributed by atoms with van der Waals surface area (Å²) in [4.78, 5) is 15.2. The van der Waals surface area contributed by atoms with E-state index in [0.717, 1.165) is 55.7 Å². The van der Waals surface area contributed by atoms with Crippen LogP contribution in [-0.4, -0.2) is 32.3 Å². The van der Waals surface area contributed by atoms with Crippen molar-refractivity contribution in [2.24, 2.45) is 0 Å². The van der Waals surface area contributed by atoms with Crippen LogP contribution >= 0.6 is 11.3 Å². The zero-order chi connectivity index (χ0) is 17.2. The van der Waals surface area contributed by atoms with E-state index < -0.39 is 9.84 Å². The van der Waals surface area contributed by atoms with Crippen molar-refractivity contribution in [3.63, 3.8) is 0 Å². The molecule has 0 bridgehead atoms. The highest BCUT2D eigenvalue weighted by molar-refractivity contribution is 7.93. The van der Waals surface area contributed by atoms with Gasteiger partial charge in [0.15, 0.2) is 0 Å². The molecule has 1 saturated heterocycles. The van der Waals surface area contributed by atoms with Crippen molar-refractivity contribution in [3.05, 3.63) is 46.8 Å². The van der Waals surface area contributed by atoms with Crippen LogP contribution in [0.5, 0.6) is 0 Å². The highest BCUT2D eigenvalue weighted by Gasteiger charge is 2.24. The van der Waals surface area contributed by atoms with Crippen LogP contribution in [0.15, 0.2) is 45.5 Å². The Balaban J connectivity index is 1.84. The van der Waals surface area contributed by atoms with Crippen LogP contribution in [0.3, 0.4) is 0 Å². The van der Waals surface area contributed by atoms with E-state index in [0.29, 0.717) is 4.88 Å². The number of carbonyl (C=O) groups excluding carboxylic acids is 1. The Hall–Kier alpha value is -1.66. The number of hydrogen-bond donors (Lipinski definition) is 0. The lowest BCUT2D eigenvalue weighted by Gasteiger charge is -2.19. The fourth-order valence-corrected chi connectivity index (χ4v) is 5.52. The molecule has 2 aromatic rings. The number of thiophene rings is 1. The van der Waals surface area contributed by atoms with Crippen LogP contribution in [-0.2, 0) is 9.84 Å². The third-order valence-electron chi connectivity index (χ3n) is 4.28. The summed E-state index contributed by atoms with van der Waals surface area (Å²) in [6.07, 6.45) is 4.35. The molecule has 128 valence electrons. The molecule has 0 spiro atoms. The quantitative estimate of drug-likeness (QED) is 0.831. The Morgan fingerprint density at radius 2 is 1.58 bits per heavy atom. The average molecular weight is 364 g/mol. The van der Waals surface area contributed by atoms with E-state index in [1.165, 1.54) is 0 Å². The summed E-state index contributed by atoms with van der Waals surface area (Å²) in [5, 5.41) is 0. The molecular weight excluding hydrogens is 342 g/mol. The van der Waals surface area contributed by atoms with Gasteiger partial charge in [0.05, 0.1) is 9.77 Å². The Labute approximate surface area is 147 Å². The highest BCUT2D eigenvalue weighted by Crippen LogP contribution is 2.29. The first-order valence-corrected chi connectivity index (χ1v) is 10.5. The second-order valence-corrected chi connectivity index (χ2v) is 9.40. The monoisotopic (exact) mass is 363 g/mol. The van der Waals surface area contributed by atoms with Crippen molar-refractivity contribution in [1.82, 2.24) is 4.90 Å². The first-order valence-electron chi connectivity index (χ1n) is 8.19. The van der Waals surface area contributed by atoms with Gasteiger partial charge in [0.2, 0.25) is 9.84 Å². The molecule has 0 N–H and O–H groups in total. The maximum Gasteiger partial charge on any atom is 0.263 e. The lowest BCUT2D eigenvalue weighted by Crippen LogP contribution is -2.31. The Morgan fingerprint density at radius 1 is 0.958 bits per heavy atom. The number of amides is 1. The van der Waals surface area contributed by atoms with Gasteiger partial charge in [-0.05, 0) is 44.0 Å². The fourth-order valence-electron chi connectivity index (χ4n) is 2.84. The molecule has 1 amide bonds. The van der Waals surface area contributed by atoms with E-state index in [-0.39, 0.29) is 15.0 Å². The minimum absolute atomic E-state index is 0.0488. The zero-order valence-electron chi connectivity index (χ0n) is 13.7. The third-order valence-corrected chi connectivity index (χ3v) is 7.62. The SMILES string of the molecule is Cc1ccc(S(=O)(=O)c2ccc(C(=O)N3CCCCCC3)s2)cc1. The van der Waals surface area contributed by atoms with E-state index in [2.05, 4.69) is 0 Å².